The van der Waals surface area contributed by atoms with E-state index >= 15 is 0 Å². The number of ether oxygens (including phenoxy) is 10. The van der Waals surface area contributed by atoms with Gasteiger partial charge < -0.3 is 57.2 Å². The van der Waals surface area contributed by atoms with Crippen LogP contribution in [0, 0.1) is 0 Å². The molecule has 3 fully saturated rings. The van der Waals surface area contributed by atoms with Gasteiger partial charge in [0.1, 0.15) is 19.3 Å². The van der Waals surface area contributed by atoms with Gasteiger partial charge in [-0.2, -0.15) is 0 Å². The van der Waals surface area contributed by atoms with Crippen LogP contribution in [0.15, 0.2) is 49.6 Å². The van der Waals surface area contributed by atoms with E-state index in [0.717, 1.165) is 12.8 Å². The van der Waals surface area contributed by atoms with Crippen molar-refractivity contribution in [3.63, 3.8) is 0 Å². The molecule has 0 radical (unpaired) electrons. The van der Waals surface area contributed by atoms with E-state index in [9.17, 15) is 19.2 Å². The number of anilines is 2. The predicted octanol–water partition coefficient (Wildman–Crippen LogP) is 5.55. The van der Waals surface area contributed by atoms with E-state index in [1.807, 2.05) is 6.92 Å². The lowest BCUT2D eigenvalue weighted by atomic mass is 10.0. The minimum atomic E-state index is -1.07. The smallest absolute Gasteiger partial charge is 0.416 e. The molecule has 2 aromatic carbocycles. The average Bonchev–Trinajstić information content (AvgIpc) is 3.89. The van der Waals surface area contributed by atoms with Crippen molar-refractivity contribution in [1.82, 2.24) is 9.80 Å². The molecule has 0 aliphatic carbocycles. The van der Waals surface area contributed by atoms with Gasteiger partial charge in [-0.25, -0.2) is 14.5 Å². The second kappa shape index (κ2) is 20.3. The molecule has 0 saturated carbocycles. The highest BCUT2D eigenvalue weighted by Gasteiger charge is 2.53. The number of amides is 4. The second-order valence-corrected chi connectivity index (χ2v) is 15.7. The molecule has 4 amide bonds. The molecule has 3 saturated heterocycles. The Balaban J connectivity index is 1.10. The minimum absolute atomic E-state index is 0.0181. The largest absolute Gasteiger partial charge is 0.493 e. The lowest BCUT2D eigenvalue weighted by molar-refractivity contribution is -0.201. The molecule has 2 aromatic rings. The summed E-state index contributed by atoms with van der Waals surface area (Å²) in [5, 5.41) is 0. The van der Waals surface area contributed by atoms with E-state index in [-0.39, 0.29) is 55.1 Å². The first-order valence-electron chi connectivity index (χ1n) is 21.4. The number of rotatable bonds is 16. The normalized spacial score (nSPS) is 25.2. The number of methoxy groups -OCH3 is 4. The topological polar surface area (TPSA) is 174 Å². The fourth-order valence-corrected chi connectivity index (χ4v) is 9.28. The first-order valence-corrected chi connectivity index (χ1v) is 21.4. The molecule has 18 heteroatoms. The number of carbonyl (C=O) groups excluding carboxylic acids is 4. The summed E-state index contributed by atoms with van der Waals surface area (Å²) in [5.74, 6) is 0.744. The summed E-state index contributed by atoms with van der Waals surface area (Å²) in [6.07, 6.45) is 2.67. The van der Waals surface area contributed by atoms with Crippen molar-refractivity contribution >= 4 is 35.4 Å². The Hall–Kier alpha value is -5.56. The third-order valence-corrected chi connectivity index (χ3v) is 12.2. The molecule has 18 nitrogen and oxygen atoms in total. The third kappa shape index (κ3) is 8.99. The first kappa shape index (κ1) is 45.5. The zero-order chi connectivity index (χ0) is 44.8. The van der Waals surface area contributed by atoms with Gasteiger partial charge in [0.15, 0.2) is 35.5 Å². The molecule has 0 bridgehead atoms. The van der Waals surface area contributed by atoms with Gasteiger partial charge in [-0.1, -0.05) is 25.3 Å². The molecule has 342 valence electrons. The van der Waals surface area contributed by atoms with Crippen molar-refractivity contribution in [3.05, 3.63) is 60.7 Å². The van der Waals surface area contributed by atoms with E-state index in [1.54, 1.807) is 34.1 Å². The van der Waals surface area contributed by atoms with Crippen LogP contribution in [0.3, 0.4) is 0 Å². The van der Waals surface area contributed by atoms with E-state index in [1.165, 1.54) is 50.4 Å². The molecule has 0 aromatic heterocycles. The van der Waals surface area contributed by atoms with Crippen LogP contribution in [0.25, 0.3) is 0 Å². The molecule has 5 heterocycles. The quantitative estimate of drug-likeness (QED) is 0.152. The number of carbonyl (C=O) groups is 4. The molecule has 7 rings (SSSR count). The fourth-order valence-electron chi connectivity index (χ4n) is 9.28. The predicted molar refractivity (Wildman–Crippen MR) is 228 cm³/mol. The Morgan fingerprint density at radius 3 is 1.70 bits per heavy atom. The zero-order valence-corrected chi connectivity index (χ0v) is 36.6. The maximum absolute atomic E-state index is 14.5. The number of hydrogen-bond acceptors (Lipinski definition) is 14. The van der Waals surface area contributed by atoms with Crippen molar-refractivity contribution in [3.8, 4) is 23.0 Å². The van der Waals surface area contributed by atoms with Crippen molar-refractivity contribution in [2.24, 2.45) is 0 Å². The van der Waals surface area contributed by atoms with Gasteiger partial charge in [-0.05, 0) is 57.6 Å². The van der Waals surface area contributed by atoms with Crippen LogP contribution < -0.4 is 28.7 Å². The number of nitrogens with zero attached hydrogens (tertiary/aromatic N) is 4. The van der Waals surface area contributed by atoms with Crippen LogP contribution in [0.5, 0.6) is 23.0 Å². The molecule has 7 atom stereocenters. The molecule has 3 unspecified atom stereocenters. The zero-order valence-electron chi connectivity index (χ0n) is 36.6. The lowest BCUT2D eigenvalue weighted by Crippen LogP contribution is -2.57. The van der Waals surface area contributed by atoms with Gasteiger partial charge in [0.25, 0.3) is 11.8 Å². The average molecular weight is 879 g/mol. The minimum Gasteiger partial charge on any atom is -0.493 e. The molecule has 5 aliphatic heterocycles. The lowest BCUT2D eigenvalue weighted by Gasteiger charge is -2.39. The van der Waals surface area contributed by atoms with Gasteiger partial charge >= 0.3 is 12.2 Å². The van der Waals surface area contributed by atoms with Gasteiger partial charge in [0.05, 0.1) is 75.2 Å². The van der Waals surface area contributed by atoms with Crippen molar-refractivity contribution in [1.29, 1.82) is 0 Å². The van der Waals surface area contributed by atoms with Crippen molar-refractivity contribution < 1.29 is 66.5 Å². The van der Waals surface area contributed by atoms with Crippen LogP contribution in [0.4, 0.5) is 21.0 Å². The molecule has 63 heavy (non-hydrogen) atoms. The summed E-state index contributed by atoms with van der Waals surface area (Å²) in [6.45, 7) is 10.9. The van der Waals surface area contributed by atoms with Crippen LogP contribution >= 0.6 is 0 Å². The number of benzene rings is 2. The third-order valence-electron chi connectivity index (χ3n) is 12.2. The Morgan fingerprint density at radius 2 is 1.19 bits per heavy atom. The summed E-state index contributed by atoms with van der Waals surface area (Å²) in [5.41, 5.74) is 1.07. The Labute approximate surface area is 367 Å². The molecular weight excluding hydrogens is 821 g/mol. The number of hydrogen-bond donors (Lipinski definition) is 0. The van der Waals surface area contributed by atoms with Gasteiger partial charge in [0, 0.05) is 45.0 Å². The highest BCUT2D eigenvalue weighted by Crippen LogP contribution is 2.44. The van der Waals surface area contributed by atoms with E-state index in [0.29, 0.717) is 74.1 Å². The fraction of sp³-hybridized carbons (Fsp3) is 0.556. The first-order chi connectivity index (χ1) is 30.6. The van der Waals surface area contributed by atoms with Gasteiger partial charge in [-0.3, -0.25) is 14.5 Å². The summed E-state index contributed by atoms with van der Waals surface area (Å²) in [4.78, 5) is 62.8. The Bertz CT molecular complexity index is 2020. The second-order valence-electron chi connectivity index (χ2n) is 15.7. The van der Waals surface area contributed by atoms with E-state index in [4.69, 9.17) is 47.4 Å². The molecule has 0 N–H and O–H groups in total. The highest BCUT2D eigenvalue weighted by atomic mass is 16.7. The van der Waals surface area contributed by atoms with Crippen molar-refractivity contribution in [2.75, 3.05) is 84.4 Å². The van der Waals surface area contributed by atoms with E-state index in [2.05, 4.69) is 13.2 Å². The summed E-state index contributed by atoms with van der Waals surface area (Å²) < 4.78 is 59.2. The maximum Gasteiger partial charge on any atom is 0.416 e. The van der Waals surface area contributed by atoms with Gasteiger partial charge in [-0.15, -0.1) is 0 Å². The van der Waals surface area contributed by atoms with E-state index < -0.39 is 55.0 Å². The number of fused-ring (bicyclic) bond motifs is 4. The SMILES string of the molecule is C=CCOC(=O)N1c2cc(OC)c(OC)cc2C(=O)N2CC[C@H](OCCCO[C@H]3CCN4C(=O)c5cc(OC)c(OC)cc5N(C(=O)OCC=C)C(OC5CCCCO5)[C@H]34)[C@H]2C1C. The molecule has 0 spiro atoms. The Kier molecular flexibility index (Phi) is 14.6. The summed E-state index contributed by atoms with van der Waals surface area (Å²) in [6, 6.07) is 4.53. The Morgan fingerprint density at radius 1 is 0.698 bits per heavy atom. The summed E-state index contributed by atoms with van der Waals surface area (Å²) >= 11 is 0. The molecule has 5 aliphatic rings. The van der Waals surface area contributed by atoms with Crippen molar-refractivity contribution in [2.45, 2.75) is 88.3 Å². The standard InChI is InChI=1S/C45H58N4O14/c1-8-18-61-44(52)48-27(3)39-32(14-16-46(39)41(50)28-23-34(54-4)36(56-6)25-30(28)48)58-21-12-22-59-33-15-17-47-40(33)43(63-38-13-10-11-20-60-38)49(45(53)62-19-9-2)31-26-37(57-7)35(55-5)24-29(31)42(47)51/h8-9,23-27,32-33,38-40,43H,1-2,10-22H2,3-7H3/t27?,32-,33-,38?,39+,40-,43?/m0/s1. The van der Waals surface area contributed by atoms with Crippen LogP contribution in [-0.2, 0) is 28.4 Å². The maximum atomic E-state index is 14.5. The van der Waals surface area contributed by atoms with Crippen LogP contribution in [0.2, 0.25) is 0 Å². The van der Waals surface area contributed by atoms with Gasteiger partial charge in [0.2, 0.25) is 0 Å². The monoisotopic (exact) mass is 878 g/mol. The van der Waals surface area contributed by atoms with Crippen LogP contribution in [0.1, 0.15) is 66.2 Å². The highest BCUT2D eigenvalue weighted by molar-refractivity contribution is 6.07. The summed E-state index contributed by atoms with van der Waals surface area (Å²) in [7, 11) is 5.92. The van der Waals surface area contributed by atoms with Crippen LogP contribution in [-0.4, -0.2) is 151 Å². The molecular formula is C45H58N4O14.